The lowest BCUT2D eigenvalue weighted by molar-refractivity contribution is 0.489. The standard InChI is InChI=1S/C16H16N2OS/c17-13-7-3-5-12(11-13)6-4-10-20-16-18-14-8-1-2-9-15(14)19-16/h1-3,5,7-9,11H,4,6,10,17H2. The highest BCUT2D eigenvalue weighted by Crippen LogP contribution is 2.24. The molecule has 0 spiro atoms. The van der Waals surface area contributed by atoms with E-state index in [1.807, 2.05) is 42.5 Å². The normalized spacial score (nSPS) is 11.0. The van der Waals surface area contributed by atoms with Crippen molar-refractivity contribution in [1.29, 1.82) is 0 Å². The minimum absolute atomic E-state index is 0.749. The quantitative estimate of drug-likeness (QED) is 0.435. The zero-order valence-corrected chi connectivity index (χ0v) is 11.9. The Balaban J connectivity index is 1.52. The van der Waals surface area contributed by atoms with E-state index in [1.165, 1.54) is 5.56 Å². The molecule has 0 aliphatic carbocycles. The highest BCUT2D eigenvalue weighted by molar-refractivity contribution is 7.99. The SMILES string of the molecule is Nc1cccc(CCCSc2nc3ccccc3o2)c1. The number of rotatable bonds is 5. The Morgan fingerprint density at radius 3 is 2.85 bits per heavy atom. The zero-order valence-electron chi connectivity index (χ0n) is 11.1. The molecule has 2 aromatic carbocycles. The molecule has 0 radical (unpaired) electrons. The molecule has 0 saturated heterocycles. The first-order valence-corrected chi connectivity index (χ1v) is 7.62. The van der Waals surface area contributed by atoms with E-state index in [2.05, 4.69) is 11.1 Å². The van der Waals surface area contributed by atoms with E-state index in [9.17, 15) is 0 Å². The number of nitrogens with two attached hydrogens (primary N) is 1. The molecule has 0 saturated carbocycles. The van der Waals surface area contributed by atoms with Crippen molar-refractivity contribution in [3.8, 4) is 0 Å². The molecular formula is C16H16N2OS. The highest BCUT2D eigenvalue weighted by Gasteiger charge is 2.05. The van der Waals surface area contributed by atoms with Crippen LogP contribution in [-0.2, 0) is 6.42 Å². The van der Waals surface area contributed by atoms with Gasteiger partial charge in [-0.1, -0.05) is 36.0 Å². The van der Waals surface area contributed by atoms with Crippen LogP contribution in [0.3, 0.4) is 0 Å². The average Bonchev–Trinajstić information content (AvgIpc) is 2.86. The van der Waals surface area contributed by atoms with Crippen LogP contribution in [-0.4, -0.2) is 10.7 Å². The second-order valence-electron chi connectivity index (χ2n) is 4.64. The van der Waals surface area contributed by atoms with Gasteiger partial charge in [0.15, 0.2) is 5.58 Å². The molecule has 102 valence electrons. The molecular weight excluding hydrogens is 268 g/mol. The van der Waals surface area contributed by atoms with E-state index in [4.69, 9.17) is 10.2 Å². The topological polar surface area (TPSA) is 52.0 Å². The summed E-state index contributed by atoms with van der Waals surface area (Å²) in [6.45, 7) is 0. The van der Waals surface area contributed by atoms with Crippen molar-refractivity contribution in [1.82, 2.24) is 4.98 Å². The number of aryl methyl sites for hydroxylation is 1. The Bertz CT molecular complexity index is 675. The molecule has 0 fully saturated rings. The maximum atomic E-state index is 5.77. The summed E-state index contributed by atoms with van der Waals surface area (Å²) in [6.07, 6.45) is 2.10. The highest BCUT2D eigenvalue weighted by atomic mass is 32.2. The van der Waals surface area contributed by atoms with E-state index in [0.717, 1.165) is 40.6 Å². The Kier molecular flexibility index (Phi) is 3.92. The van der Waals surface area contributed by atoms with E-state index in [0.29, 0.717) is 0 Å². The van der Waals surface area contributed by atoms with Gasteiger partial charge in [-0.15, -0.1) is 0 Å². The maximum absolute atomic E-state index is 5.77. The van der Waals surface area contributed by atoms with Gasteiger partial charge in [-0.2, -0.15) is 0 Å². The van der Waals surface area contributed by atoms with Gasteiger partial charge in [0.1, 0.15) is 5.52 Å². The van der Waals surface area contributed by atoms with E-state index >= 15 is 0 Å². The fourth-order valence-electron chi connectivity index (χ4n) is 2.10. The van der Waals surface area contributed by atoms with Gasteiger partial charge in [-0.05, 0) is 42.7 Å². The van der Waals surface area contributed by atoms with Crippen LogP contribution < -0.4 is 5.73 Å². The first kappa shape index (κ1) is 13.1. The van der Waals surface area contributed by atoms with Crippen LogP contribution in [0.4, 0.5) is 5.69 Å². The molecule has 3 aromatic rings. The summed E-state index contributed by atoms with van der Waals surface area (Å²) < 4.78 is 5.67. The summed E-state index contributed by atoms with van der Waals surface area (Å²) >= 11 is 1.66. The maximum Gasteiger partial charge on any atom is 0.256 e. The van der Waals surface area contributed by atoms with E-state index in [1.54, 1.807) is 11.8 Å². The van der Waals surface area contributed by atoms with Crippen LogP contribution in [0, 0.1) is 0 Å². The second-order valence-corrected chi connectivity index (χ2v) is 5.69. The lowest BCUT2D eigenvalue weighted by atomic mass is 10.1. The number of aromatic nitrogens is 1. The Hall–Kier alpha value is -1.94. The summed E-state index contributed by atoms with van der Waals surface area (Å²) in [5, 5.41) is 0.749. The molecule has 0 unspecified atom stereocenters. The Morgan fingerprint density at radius 1 is 1.10 bits per heavy atom. The smallest absolute Gasteiger partial charge is 0.256 e. The monoisotopic (exact) mass is 284 g/mol. The number of oxazole rings is 1. The molecule has 4 heteroatoms. The van der Waals surface area contributed by atoms with Gasteiger partial charge >= 0.3 is 0 Å². The van der Waals surface area contributed by atoms with Crippen LogP contribution in [0.25, 0.3) is 11.1 Å². The van der Waals surface area contributed by atoms with E-state index in [-0.39, 0.29) is 0 Å². The molecule has 3 nitrogen and oxygen atoms in total. The van der Waals surface area contributed by atoms with Gasteiger partial charge < -0.3 is 10.2 Å². The lowest BCUT2D eigenvalue weighted by Gasteiger charge is -2.01. The molecule has 0 atom stereocenters. The minimum atomic E-state index is 0.749. The minimum Gasteiger partial charge on any atom is -0.431 e. The Morgan fingerprint density at radius 2 is 2.00 bits per heavy atom. The first-order valence-electron chi connectivity index (χ1n) is 6.64. The van der Waals surface area contributed by atoms with Crippen molar-refractivity contribution in [2.45, 2.75) is 18.1 Å². The summed E-state index contributed by atoms with van der Waals surface area (Å²) in [5.74, 6) is 0.988. The molecule has 0 bridgehead atoms. The predicted octanol–water partition coefficient (Wildman–Crippen LogP) is 4.13. The fraction of sp³-hybridized carbons (Fsp3) is 0.188. The van der Waals surface area contributed by atoms with Gasteiger partial charge in [0, 0.05) is 11.4 Å². The Labute approximate surface area is 122 Å². The number of fused-ring (bicyclic) bond motifs is 1. The van der Waals surface area contributed by atoms with Crippen LogP contribution >= 0.6 is 11.8 Å². The number of nitrogen functional groups attached to an aromatic ring is 1. The number of thioether (sulfide) groups is 1. The van der Waals surface area contributed by atoms with Crippen molar-refractivity contribution in [2.75, 3.05) is 11.5 Å². The molecule has 20 heavy (non-hydrogen) atoms. The average molecular weight is 284 g/mol. The number of anilines is 1. The molecule has 1 aromatic heterocycles. The number of nitrogens with zero attached hydrogens (tertiary/aromatic N) is 1. The van der Waals surface area contributed by atoms with E-state index < -0.39 is 0 Å². The number of hydrogen-bond donors (Lipinski definition) is 1. The largest absolute Gasteiger partial charge is 0.431 e. The summed E-state index contributed by atoms with van der Waals surface area (Å²) in [4.78, 5) is 4.45. The zero-order chi connectivity index (χ0) is 13.8. The van der Waals surface area contributed by atoms with Crippen LogP contribution in [0.15, 0.2) is 58.2 Å². The summed E-state index contributed by atoms with van der Waals surface area (Å²) in [6, 6.07) is 15.9. The first-order chi connectivity index (χ1) is 9.81. The summed E-state index contributed by atoms with van der Waals surface area (Å²) in [7, 11) is 0. The van der Waals surface area contributed by atoms with Gasteiger partial charge in [0.05, 0.1) is 0 Å². The van der Waals surface area contributed by atoms with Crippen molar-refractivity contribution in [2.24, 2.45) is 0 Å². The van der Waals surface area contributed by atoms with Gasteiger partial charge in [-0.3, -0.25) is 0 Å². The third kappa shape index (κ3) is 3.14. The third-order valence-electron chi connectivity index (χ3n) is 3.06. The van der Waals surface area contributed by atoms with Crippen molar-refractivity contribution >= 4 is 28.5 Å². The third-order valence-corrected chi connectivity index (χ3v) is 3.97. The summed E-state index contributed by atoms with van der Waals surface area (Å²) in [5.41, 5.74) is 9.65. The number of hydrogen-bond acceptors (Lipinski definition) is 4. The van der Waals surface area contributed by atoms with Crippen molar-refractivity contribution in [3.05, 3.63) is 54.1 Å². The second kappa shape index (κ2) is 6.01. The van der Waals surface area contributed by atoms with Gasteiger partial charge in [0.2, 0.25) is 0 Å². The van der Waals surface area contributed by atoms with Crippen LogP contribution in [0.1, 0.15) is 12.0 Å². The van der Waals surface area contributed by atoms with Gasteiger partial charge in [-0.25, -0.2) is 4.98 Å². The van der Waals surface area contributed by atoms with Crippen LogP contribution in [0.5, 0.6) is 0 Å². The molecule has 3 rings (SSSR count). The number of benzene rings is 2. The fourth-order valence-corrected chi connectivity index (χ4v) is 2.87. The molecule has 0 aliphatic rings. The molecule has 1 heterocycles. The van der Waals surface area contributed by atoms with Crippen molar-refractivity contribution < 1.29 is 4.42 Å². The lowest BCUT2D eigenvalue weighted by Crippen LogP contribution is -1.90. The molecule has 0 amide bonds. The predicted molar refractivity (Wildman–Crippen MR) is 83.9 cm³/mol. The van der Waals surface area contributed by atoms with Crippen molar-refractivity contribution in [3.63, 3.8) is 0 Å². The van der Waals surface area contributed by atoms with Gasteiger partial charge in [0.25, 0.3) is 5.22 Å². The molecule has 2 N–H and O–H groups in total. The molecule has 0 aliphatic heterocycles. The van der Waals surface area contributed by atoms with Crippen LogP contribution in [0.2, 0.25) is 0 Å². The number of para-hydroxylation sites is 2.